The van der Waals surface area contributed by atoms with Crippen molar-refractivity contribution >= 4 is 22.8 Å². The van der Waals surface area contributed by atoms with Crippen molar-refractivity contribution in [3.8, 4) is 17.2 Å². The van der Waals surface area contributed by atoms with Gasteiger partial charge in [-0.25, -0.2) is 14.4 Å². The highest BCUT2D eigenvalue weighted by molar-refractivity contribution is 5.91. The quantitative estimate of drug-likeness (QED) is 0.358. The van der Waals surface area contributed by atoms with Gasteiger partial charge in [0, 0.05) is 36.9 Å². The first-order chi connectivity index (χ1) is 17.0. The van der Waals surface area contributed by atoms with Crippen LogP contribution in [0.5, 0.6) is 17.2 Å². The van der Waals surface area contributed by atoms with Gasteiger partial charge in [-0.1, -0.05) is 12.1 Å². The number of benzene rings is 2. The minimum absolute atomic E-state index is 0.140. The van der Waals surface area contributed by atoms with Gasteiger partial charge in [-0.2, -0.15) is 0 Å². The van der Waals surface area contributed by atoms with Crippen LogP contribution in [0.3, 0.4) is 0 Å². The number of ether oxygens (including phenoxy) is 3. The molecule has 4 rings (SSSR count). The summed E-state index contributed by atoms with van der Waals surface area (Å²) in [6.45, 7) is 0.515. The summed E-state index contributed by atoms with van der Waals surface area (Å²) in [5.74, 6) is 1.79. The van der Waals surface area contributed by atoms with E-state index < -0.39 is 0 Å². The van der Waals surface area contributed by atoms with Crippen molar-refractivity contribution in [3.05, 3.63) is 71.9 Å². The molecular formula is C26H27FN4O4. The molecule has 2 aromatic heterocycles. The van der Waals surface area contributed by atoms with Gasteiger partial charge in [-0.3, -0.25) is 4.79 Å². The van der Waals surface area contributed by atoms with E-state index in [1.54, 1.807) is 30.5 Å². The van der Waals surface area contributed by atoms with Crippen LogP contribution in [0, 0.1) is 5.82 Å². The van der Waals surface area contributed by atoms with E-state index in [4.69, 9.17) is 19.2 Å². The smallest absolute Gasteiger partial charge is 0.224 e. The molecule has 0 fully saturated rings. The van der Waals surface area contributed by atoms with Crippen molar-refractivity contribution in [1.29, 1.82) is 0 Å². The molecule has 0 aliphatic carbocycles. The number of aryl methyl sites for hydroxylation is 1. The molecule has 182 valence electrons. The Hall–Kier alpha value is -4.14. The van der Waals surface area contributed by atoms with Crippen LogP contribution >= 0.6 is 0 Å². The van der Waals surface area contributed by atoms with E-state index in [1.165, 1.54) is 33.5 Å². The van der Waals surface area contributed by atoms with Gasteiger partial charge < -0.3 is 24.1 Å². The highest BCUT2D eigenvalue weighted by Crippen LogP contribution is 2.40. The van der Waals surface area contributed by atoms with Crippen LogP contribution in [-0.4, -0.2) is 41.8 Å². The second-order valence-electron chi connectivity index (χ2n) is 7.90. The number of hydrogen-bond donors (Lipinski definition) is 1. The Morgan fingerprint density at radius 2 is 1.74 bits per heavy atom. The predicted octanol–water partition coefficient (Wildman–Crippen LogP) is 4.61. The summed E-state index contributed by atoms with van der Waals surface area (Å²) in [6, 6.07) is 13.5. The summed E-state index contributed by atoms with van der Waals surface area (Å²) in [4.78, 5) is 21.8. The van der Waals surface area contributed by atoms with Gasteiger partial charge in [0.05, 0.1) is 27.9 Å². The lowest BCUT2D eigenvalue weighted by atomic mass is 10.2. The fraction of sp³-hybridized carbons (Fsp3) is 0.269. The fourth-order valence-corrected chi connectivity index (χ4v) is 3.92. The van der Waals surface area contributed by atoms with E-state index in [0.29, 0.717) is 48.7 Å². The molecule has 0 aliphatic heterocycles. The molecule has 0 bridgehead atoms. The number of fused-ring (bicyclic) bond motifs is 1. The minimum atomic E-state index is -0.277. The van der Waals surface area contributed by atoms with Crippen LogP contribution in [0.4, 0.5) is 10.1 Å². The second kappa shape index (κ2) is 10.9. The molecule has 2 aromatic carbocycles. The van der Waals surface area contributed by atoms with Crippen molar-refractivity contribution in [2.75, 3.05) is 26.6 Å². The standard InChI is InChI=1S/C26H27FN4O4/c1-33-21-14-19(15-22(34-2)25(21)35-3)29-24(32)8-4-7-23-30-20-6-5-13-28-26(20)31(23)16-17-9-11-18(27)12-10-17/h5-6,9-15H,4,7-8,16H2,1-3H3,(H,29,32). The molecule has 0 aliphatic rings. The lowest BCUT2D eigenvalue weighted by Crippen LogP contribution is -2.13. The molecule has 0 spiro atoms. The second-order valence-corrected chi connectivity index (χ2v) is 7.90. The molecule has 0 saturated carbocycles. The van der Waals surface area contributed by atoms with Crippen LogP contribution in [0.15, 0.2) is 54.7 Å². The molecule has 2 heterocycles. The summed E-state index contributed by atoms with van der Waals surface area (Å²) in [5.41, 5.74) is 3.04. The molecule has 0 saturated heterocycles. The number of nitrogens with one attached hydrogen (secondary N) is 1. The molecule has 35 heavy (non-hydrogen) atoms. The maximum atomic E-state index is 13.3. The molecule has 1 N–H and O–H groups in total. The first-order valence-electron chi connectivity index (χ1n) is 11.2. The Kier molecular flexibility index (Phi) is 7.45. The highest BCUT2D eigenvalue weighted by atomic mass is 19.1. The van der Waals surface area contributed by atoms with Crippen molar-refractivity contribution in [3.63, 3.8) is 0 Å². The Labute approximate surface area is 202 Å². The zero-order valence-electron chi connectivity index (χ0n) is 19.9. The summed E-state index contributed by atoms with van der Waals surface area (Å²) in [6.07, 6.45) is 3.19. The zero-order valence-corrected chi connectivity index (χ0v) is 19.9. The number of methoxy groups -OCH3 is 3. The van der Waals surface area contributed by atoms with E-state index in [0.717, 1.165) is 22.6 Å². The minimum Gasteiger partial charge on any atom is -0.493 e. The number of anilines is 1. The number of carbonyl (C=O) groups is 1. The molecule has 0 unspecified atom stereocenters. The molecule has 0 atom stereocenters. The normalized spacial score (nSPS) is 10.9. The number of nitrogens with zero attached hydrogens (tertiary/aromatic N) is 3. The number of halogens is 1. The molecule has 9 heteroatoms. The fourth-order valence-electron chi connectivity index (χ4n) is 3.92. The Morgan fingerprint density at radius 3 is 2.40 bits per heavy atom. The van der Waals surface area contributed by atoms with E-state index >= 15 is 0 Å². The number of hydrogen-bond acceptors (Lipinski definition) is 6. The summed E-state index contributed by atoms with van der Waals surface area (Å²) < 4.78 is 31.4. The number of aromatic nitrogens is 3. The third-order valence-electron chi connectivity index (χ3n) is 5.59. The van der Waals surface area contributed by atoms with Crippen LogP contribution < -0.4 is 19.5 Å². The van der Waals surface area contributed by atoms with Crippen molar-refractivity contribution < 1.29 is 23.4 Å². The molecule has 4 aromatic rings. The number of carbonyl (C=O) groups excluding carboxylic acids is 1. The van der Waals surface area contributed by atoms with E-state index in [9.17, 15) is 9.18 Å². The topological polar surface area (TPSA) is 87.5 Å². The van der Waals surface area contributed by atoms with Crippen LogP contribution in [0.1, 0.15) is 24.2 Å². The molecule has 1 amide bonds. The Bertz CT molecular complexity index is 1300. The summed E-state index contributed by atoms with van der Waals surface area (Å²) in [7, 11) is 4.57. The zero-order chi connectivity index (χ0) is 24.8. The summed E-state index contributed by atoms with van der Waals surface area (Å²) in [5, 5.41) is 2.89. The van der Waals surface area contributed by atoms with Crippen LogP contribution in [-0.2, 0) is 17.8 Å². The lowest BCUT2D eigenvalue weighted by Gasteiger charge is -2.14. The first-order valence-corrected chi connectivity index (χ1v) is 11.2. The first kappa shape index (κ1) is 24.0. The van der Waals surface area contributed by atoms with Crippen LogP contribution in [0.25, 0.3) is 11.2 Å². The number of pyridine rings is 1. The number of imidazole rings is 1. The molecule has 8 nitrogen and oxygen atoms in total. The third kappa shape index (κ3) is 5.51. The SMILES string of the molecule is COc1cc(NC(=O)CCCc2nc3cccnc3n2Cc2ccc(F)cc2)cc(OC)c1OC. The maximum absolute atomic E-state index is 13.3. The highest BCUT2D eigenvalue weighted by Gasteiger charge is 2.16. The number of amides is 1. The third-order valence-corrected chi connectivity index (χ3v) is 5.59. The average molecular weight is 479 g/mol. The monoisotopic (exact) mass is 478 g/mol. The van der Waals surface area contributed by atoms with Gasteiger partial charge in [0.2, 0.25) is 11.7 Å². The van der Waals surface area contributed by atoms with E-state index in [-0.39, 0.29) is 11.7 Å². The van der Waals surface area contributed by atoms with Crippen molar-refractivity contribution in [2.24, 2.45) is 0 Å². The van der Waals surface area contributed by atoms with Crippen molar-refractivity contribution in [2.45, 2.75) is 25.8 Å². The van der Waals surface area contributed by atoms with Gasteiger partial charge >= 0.3 is 0 Å². The number of rotatable bonds is 10. The average Bonchev–Trinajstić information content (AvgIpc) is 3.21. The van der Waals surface area contributed by atoms with E-state index in [2.05, 4.69) is 10.3 Å². The predicted molar refractivity (Wildman–Crippen MR) is 131 cm³/mol. The van der Waals surface area contributed by atoms with Gasteiger partial charge in [-0.15, -0.1) is 0 Å². The Balaban J connectivity index is 1.45. The largest absolute Gasteiger partial charge is 0.493 e. The van der Waals surface area contributed by atoms with Gasteiger partial charge in [0.15, 0.2) is 17.1 Å². The van der Waals surface area contributed by atoms with Gasteiger partial charge in [-0.05, 0) is 36.2 Å². The van der Waals surface area contributed by atoms with Crippen molar-refractivity contribution in [1.82, 2.24) is 14.5 Å². The van der Waals surface area contributed by atoms with Crippen LogP contribution in [0.2, 0.25) is 0 Å². The molecular weight excluding hydrogens is 451 g/mol. The maximum Gasteiger partial charge on any atom is 0.224 e. The summed E-state index contributed by atoms with van der Waals surface area (Å²) >= 11 is 0. The van der Waals surface area contributed by atoms with Gasteiger partial charge in [0.25, 0.3) is 0 Å². The van der Waals surface area contributed by atoms with Gasteiger partial charge in [0.1, 0.15) is 17.2 Å². The van der Waals surface area contributed by atoms with E-state index in [1.807, 2.05) is 16.7 Å². The lowest BCUT2D eigenvalue weighted by molar-refractivity contribution is -0.116. The Morgan fingerprint density at radius 1 is 1.03 bits per heavy atom. The molecule has 0 radical (unpaired) electrons.